The van der Waals surface area contributed by atoms with Gasteiger partial charge in [-0.25, -0.2) is 4.99 Å². The normalized spacial score (nSPS) is 11.1. The molecule has 0 aliphatic heterocycles. The van der Waals surface area contributed by atoms with Crippen molar-refractivity contribution < 1.29 is 9.53 Å². The molecule has 1 amide bonds. The molecule has 29 heavy (non-hydrogen) atoms. The van der Waals surface area contributed by atoms with Gasteiger partial charge in [0.05, 0.1) is 13.7 Å². The lowest BCUT2D eigenvalue weighted by Crippen LogP contribution is -2.36. The highest BCUT2D eigenvalue weighted by molar-refractivity contribution is 6.10. The number of benzene rings is 2. The molecule has 3 rings (SSSR count). The number of hydrogen-bond acceptors (Lipinski definition) is 4. The molecular weight excluding hydrogens is 364 g/mol. The summed E-state index contributed by atoms with van der Waals surface area (Å²) in [5, 5.41) is 6.04. The van der Waals surface area contributed by atoms with E-state index in [1.807, 2.05) is 68.4 Å². The summed E-state index contributed by atoms with van der Waals surface area (Å²) in [6, 6.07) is 16.8. The molecule has 0 bridgehead atoms. The highest BCUT2D eigenvalue weighted by Gasteiger charge is 2.11. The number of aliphatic imine (C=N–C) groups is 1. The first kappa shape index (κ1) is 20.1. The zero-order valence-electron chi connectivity index (χ0n) is 16.8. The van der Waals surface area contributed by atoms with Crippen LogP contribution < -0.4 is 15.4 Å². The Labute approximate surface area is 170 Å². The summed E-state index contributed by atoms with van der Waals surface area (Å²) in [7, 11) is 1.61. The van der Waals surface area contributed by atoms with Crippen LogP contribution >= 0.6 is 0 Å². The van der Waals surface area contributed by atoms with Gasteiger partial charge in [-0.3, -0.25) is 15.1 Å². The van der Waals surface area contributed by atoms with Crippen molar-refractivity contribution in [3.8, 4) is 5.75 Å². The van der Waals surface area contributed by atoms with Crippen LogP contribution in [0.5, 0.6) is 5.75 Å². The van der Waals surface area contributed by atoms with Crippen molar-refractivity contribution in [3.05, 3.63) is 89.2 Å². The van der Waals surface area contributed by atoms with Gasteiger partial charge in [0.2, 0.25) is 5.96 Å². The van der Waals surface area contributed by atoms with Crippen molar-refractivity contribution in [2.24, 2.45) is 4.99 Å². The number of hydrogen-bond donors (Lipinski definition) is 2. The van der Waals surface area contributed by atoms with E-state index in [0.29, 0.717) is 23.8 Å². The number of ether oxygens (including phenoxy) is 1. The average Bonchev–Trinajstić information content (AvgIpc) is 2.74. The minimum absolute atomic E-state index is 0.228. The van der Waals surface area contributed by atoms with Crippen LogP contribution in [0.25, 0.3) is 0 Å². The molecule has 0 atom stereocenters. The molecule has 0 aliphatic carbocycles. The first-order chi connectivity index (χ1) is 14.0. The van der Waals surface area contributed by atoms with Crippen LogP contribution in [-0.4, -0.2) is 24.0 Å². The highest BCUT2D eigenvalue weighted by Crippen LogP contribution is 2.17. The number of guanidine groups is 1. The molecule has 6 heteroatoms. The molecule has 0 radical (unpaired) electrons. The lowest BCUT2D eigenvalue weighted by atomic mass is 10.1. The first-order valence-corrected chi connectivity index (χ1v) is 9.28. The van der Waals surface area contributed by atoms with E-state index >= 15 is 0 Å². The summed E-state index contributed by atoms with van der Waals surface area (Å²) in [5.74, 6) is 0.834. The smallest absolute Gasteiger partial charge is 0.257 e. The number of aromatic nitrogens is 1. The van der Waals surface area contributed by atoms with E-state index in [0.717, 1.165) is 22.4 Å². The number of carbonyl (C=O) groups is 1. The molecule has 0 saturated carbocycles. The van der Waals surface area contributed by atoms with Crippen LogP contribution in [0.3, 0.4) is 0 Å². The number of nitrogens with one attached hydrogen (secondary N) is 2. The molecule has 0 saturated heterocycles. The van der Waals surface area contributed by atoms with Gasteiger partial charge >= 0.3 is 0 Å². The van der Waals surface area contributed by atoms with E-state index in [9.17, 15) is 4.79 Å². The topological polar surface area (TPSA) is 75.6 Å². The maximum Gasteiger partial charge on any atom is 0.257 e. The molecular formula is C23H24N4O2. The zero-order chi connectivity index (χ0) is 20.6. The summed E-state index contributed by atoms with van der Waals surface area (Å²) in [6.07, 6.45) is 3.46. The van der Waals surface area contributed by atoms with Gasteiger partial charge in [0.1, 0.15) is 5.75 Å². The molecule has 0 fully saturated rings. The molecule has 0 aliphatic rings. The van der Waals surface area contributed by atoms with E-state index < -0.39 is 0 Å². The van der Waals surface area contributed by atoms with Crippen molar-refractivity contribution >= 4 is 17.6 Å². The Hall–Kier alpha value is -3.67. The largest absolute Gasteiger partial charge is 0.497 e. The van der Waals surface area contributed by atoms with Crippen molar-refractivity contribution in [2.45, 2.75) is 20.4 Å². The Morgan fingerprint density at radius 1 is 1.07 bits per heavy atom. The average molecular weight is 388 g/mol. The highest BCUT2D eigenvalue weighted by atomic mass is 16.5. The lowest BCUT2D eigenvalue weighted by molar-refractivity contribution is 0.0977. The second-order valence-corrected chi connectivity index (χ2v) is 6.64. The Morgan fingerprint density at radius 2 is 1.93 bits per heavy atom. The monoisotopic (exact) mass is 388 g/mol. The summed E-state index contributed by atoms with van der Waals surface area (Å²) in [6.45, 7) is 4.38. The molecule has 0 spiro atoms. The second kappa shape index (κ2) is 9.50. The van der Waals surface area contributed by atoms with E-state index in [1.165, 1.54) is 0 Å². The van der Waals surface area contributed by atoms with Gasteiger partial charge in [0.25, 0.3) is 5.91 Å². The molecule has 148 valence electrons. The Kier molecular flexibility index (Phi) is 6.58. The summed E-state index contributed by atoms with van der Waals surface area (Å²) in [4.78, 5) is 21.4. The fourth-order valence-electron chi connectivity index (χ4n) is 2.67. The van der Waals surface area contributed by atoms with E-state index in [4.69, 9.17) is 4.74 Å². The maximum atomic E-state index is 12.8. The van der Waals surface area contributed by atoms with Gasteiger partial charge in [-0.05, 0) is 60.9 Å². The van der Waals surface area contributed by atoms with E-state index in [-0.39, 0.29) is 5.91 Å². The number of rotatable bonds is 5. The van der Waals surface area contributed by atoms with Crippen molar-refractivity contribution in [2.75, 3.05) is 12.4 Å². The Balaban J connectivity index is 1.82. The lowest BCUT2D eigenvalue weighted by Gasteiger charge is -2.13. The van der Waals surface area contributed by atoms with Gasteiger partial charge in [-0.1, -0.05) is 18.2 Å². The SMILES string of the molecule is COc1cccc(NC(=NCc2cccnc2)NC(=O)c2ccc(C)c(C)c2)c1. The van der Waals surface area contributed by atoms with Crippen LogP contribution in [0.1, 0.15) is 27.0 Å². The van der Waals surface area contributed by atoms with Crippen LogP contribution in [0.15, 0.2) is 72.0 Å². The number of pyridine rings is 1. The van der Waals surface area contributed by atoms with Crippen LogP contribution in [0.4, 0.5) is 5.69 Å². The minimum atomic E-state index is -0.228. The van der Waals surface area contributed by atoms with E-state index in [1.54, 1.807) is 19.5 Å². The number of aryl methyl sites for hydroxylation is 2. The van der Waals surface area contributed by atoms with Crippen molar-refractivity contribution in [1.29, 1.82) is 0 Å². The third-order valence-corrected chi connectivity index (χ3v) is 4.48. The van der Waals surface area contributed by atoms with Gasteiger partial charge in [-0.15, -0.1) is 0 Å². The second-order valence-electron chi connectivity index (χ2n) is 6.64. The number of methoxy groups -OCH3 is 1. The first-order valence-electron chi connectivity index (χ1n) is 9.28. The zero-order valence-corrected chi connectivity index (χ0v) is 16.8. The molecule has 3 aromatic rings. The number of anilines is 1. The van der Waals surface area contributed by atoms with Crippen LogP contribution in [0.2, 0.25) is 0 Å². The summed E-state index contributed by atoms with van der Waals surface area (Å²) >= 11 is 0. The third-order valence-electron chi connectivity index (χ3n) is 4.48. The molecule has 1 heterocycles. The van der Waals surface area contributed by atoms with Crippen molar-refractivity contribution in [3.63, 3.8) is 0 Å². The molecule has 2 N–H and O–H groups in total. The molecule has 0 unspecified atom stereocenters. The quantitative estimate of drug-likeness (QED) is 0.510. The van der Waals surface area contributed by atoms with Gasteiger partial charge in [-0.2, -0.15) is 0 Å². The predicted octanol–water partition coefficient (Wildman–Crippen LogP) is 4.11. The van der Waals surface area contributed by atoms with Gasteiger partial charge in [0, 0.05) is 29.7 Å². The predicted molar refractivity (Wildman–Crippen MR) is 115 cm³/mol. The standard InChI is InChI=1S/C23H24N4O2/c1-16-9-10-19(12-17(16)2)22(28)27-23(25-15-18-6-5-11-24-14-18)26-20-7-4-8-21(13-20)29-3/h4-14H,15H2,1-3H3,(H2,25,26,27,28). The number of amides is 1. The van der Waals surface area contributed by atoms with Gasteiger partial charge in [0.15, 0.2) is 0 Å². The summed E-state index contributed by atoms with van der Waals surface area (Å²) in [5.41, 5.74) is 4.48. The number of carbonyl (C=O) groups excluding carboxylic acids is 1. The Morgan fingerprint density at radius 3 is 2.66 bits per heavy atom. The molecule has 2 aromatic carbocycles. The summed E-state index contributed by atoms with van der Waals surface area (Å²) < 4.78 is 5.27. The van der Waals surface area contributed by atoms with Crippen LogP contribution in [-0.2, 0) is 6.54 Å². The minimum Gasteiger partial charge on any atom is -0.497 e. The van der Waals surface area contributed by atoms with Crippen LogP contribution in [0, 0.1) is 13.8 Å². The Bertz CT molecular complexity index is 1020. The number of nitrogens with zero attached hydrogens (tertiary/aromatic N) is 2. The third kappa shape index (κ3) is 5.65. The van der Waals surface area contributed by atoms with Gasteiger partial charge < -0.3 is 10.1 Å². The van der Waals surface area contributed by atoms with E-state index in [2.05, 4.69) is 20.6 Å². The fraction of sp³-hybridized carbons (Fsp3) is 0.174. The molecule has 6 nitrogen and oxygen atoms in total. The fourth-order valence-corrected chi connectivity index (χ4v) is 2.67. The maximum absolute atomic E-state index is 12.8. The molecule has 1 aromatic heterocycles. The van der Waals surface area contributed by atoms with Crippen molar-refractivity contribution in [1.82, 2.24) is 10.3 Å².